The normalized spacial score (nSPS) is 15.2. The lowest BCUT2D eigenvalue weighted by Gasteiger charge is -2.40. The number of aromatic nitrogens is 2. The Hall–Kier alpha value is -3.82. The number of hydrogen-bond donors (Lipinski definition) is 1. The fraction of sp³-hybridized carbons (Fsp3) is 0.344. The lowest BCUT2D eigenvalue weighted by molar-refractivity contribution is -0.0578. The lowest BCUT2D eigenvalue weighted by atomic mass is 9.84. The van der Waals surface area contributed by atoms with E-state index in [1.165, 1.54) is 18.2 Å². The minimum absolute atomic E-state index is 0.151. The Morgan fingerprint density at radius 3 is 2.36 bits per heavy atom. The number of ether oxygens (including phenoxy) is 1. The van der Waals surface area contributed by atoms with Gasteiger partial charge in [0.15, 0.2) is 0 Å². The monoisotopic (exact) mass is 595 g/mol. The number of carbonyl (C=O) groups is 1. The largest absolute Gasteiger partial charge is 0.506 e. The highest BCUT2D eigenvalue weighted by molar-refractivity contribution is 6.31. The molecule has 7 nitrogen and oxygen atoms in total. The number of hydrogen-bond acceptors (Lipinski definition) is 6. The van der Waals surface area contributed by atoms with Crippen molar-refractivity contribution in [1.29, 1.82) is 0 Å². The van der Waals surface area contributed by atoms with Gasteiger partial charge in [-0.05, 0) is 47.7 Å². The summed E-state index contributed by atoms with van der Waals surface area (Å²) < 4.78 is 39.4. The number of likely N-dealkylation sites (tertiary alicyclic amines) is 1. The number of nitrogens with zero attached hydrogens (tertiary/aromatic N) is 3. The summed E-state index contributed by atoms with van der Waals surface area (Å²) in [6.07, 6.45) is -0.0747. The fourth-order valence-corrected chi connectivity index (χ4v) is 5.66. The van der Waals surface area contributed by atoms with Crippen LogP contribution in [-0.2, 0) is 24.1 Å². The first kappa shape index (κ1) is 29.7. The van der Waals surface area contributed by atoms with Gasteiger partial charge in [-0.25, -0.2) is 13.6 Å². The summed E-state index contributed by atoms with van der Waals surface area (Å²) >= 11 is 6.47. The molecule has 0 unspecified atom stereocenters. The van der Waals surface area contributed by atoms with E-state index in [1.807, 2.05) is 42.5 Å². The molecule has 0 atom stereocenters. The maximum absolute atomic E-state index is 14.3. The van der Waals surface area contributed by atoms with E-state index in [4.69, 9.17) is 20.9 Å². The zero-order valence-corrected chi connectivity index (χ0v) is 24.2. The molecule has 0 amide bonds. The van der Waals surface area contributed by atoms with Crippen LogP contribution >= 0.6 is 11.6 Å². The molecular weight excluding hydrogens is 564 g/mol. The molecule has 0 bridgehead atoms. The van der Waals surface area contributed by atoms with E-state index in [-0.39, 0.29) is 12.0 Å². The maximum Gasteiger partial charge on any atom is 0.506 e. The van der Waals surface area contributed by atoms with Crippen molar-refractivity contribution in [2.75, 3.05) is 13.1 Å². The Kier molecular flexibility index (Phi) is 8.89. The summed E-state index contributed by atoms with van der Waals surface area (Å²) in [5, 5.41) is 14.2. The van der Waals surface area contributed by atoms with Crippen molar-refractivity contribution in [3.05, 3.63) is 94.0 Å². The highest BCUT2D eigenvalue weighted by atomic mass is 35.5. The Morgan fingerprint density at radius 2 is 1.74 bits per heavy atom. The van der Waals surface area contributed by atoms with Gasteiger partial charge >= 0.3 is 6.16 Å². The van der Waals surface area contributed by atoms with Crippen LogP contribution in [0.4, 0.5) is 13.6 Å². The van der Waals surface area contributed by atoms with Crippen molar-refractivity contribution in [3.63, 3.8) is 0 Å². The van der Waals surface area contributed by atoms with E-state index in [9.17, 15) is 18.7 Å². The average Bonchev–Trinajstić information content (AvgIpc) is 3.44. The standard InChI is InChI=1S/C32H32ClF2N3O4/c1-20(2)16-23-10-11-24(17-26(23)33)30-36-29(37-42-30)22-8-6-21(7-9-22)19-38-14-12-32(13-15-38,41-31(39)40)18-25-27(34)4-3-5-28(25)35/h3-11,17,20H,12-16,18-19H2,1-2H3,(H,39,40). The predicted molar refractivity (Wildman–Crippen MR) is 155 cm³/mol. The Morgan fingerprint density at radius 1 is 1.07 bits per heavy atom. The molecule has 5 rings (SSSR count). The lowest BCUT2D eigenvalue weighted by Crippen LogP contribution is -2.48. The molecule has 2 heterocycles. The second-order valence-corrected chi connectivity index (χ2v) is 11.6. The molecule has 1 aromatic heterocycles. The zero-order chi connectivity index (χ0) is 29.9. The van der Waals surface area contributed by atoms with Crippen molar-refractivity contribution in [3.8, 4) is 22.8 Å². The molecule has 4 aromatic rings. The summed E-state index contributed by atoms with van der Waals surface area (Å²) in [4.78, 5) is 18.2. The molecular formula is C32H32ClF2N3O4. The summed E-state index contributed by atoms with van der Waals surface area (Å²) in [7, 11) is 0. The average molecular weight is 596 g/mol. The molecule has 1 fully saturated rings. The van der Waals surface area contributed by atoms with Crippen LogP contribution in [0.25, 0.3) is 22.8 Å². The summed E-state index contributed by atoms with van der Waals surface area (Å²) in [5.74, 6) is -0.0567. The van der Waals surface area contributed by atoms with E-state index >= 15 is 0 Å². The second kappa shape index (κ2) is 12.6. The van der Waals surface area contributed by atoms with E-state index in [0.29, 0.717) is 55.1 Å². The summed E-state index contributed by atoms with van der Waals surface area (Å²) in [5.41, 5.74) is 2.34. The molecule has 0 aliphatic carbocycles. The van der Waals surface area contributed by atoms with Gasteiger partial charge in [-0.15, -0.1) is 0 Å². The third kappa shape index (κ3) is 6.97. The van der Waals surface area contributed by atoms with Crippen LogP contribution in [0, 0.1) is 17.6 Å². The van der Waals surface area contributed by atoms with Gasteiger partial charge in [0.1, 0.15) is 17.2 Å². The van der Waals surface area contributed by atoms with Crippen LogP contribution < -0.4 is 0 Å². The van der Waals surface area contributed by atoms with Crippen LogP contribution in [0.1, 0.15) is 43.4 Å². The van der Waals surface area contributed by atoms with Gasteiger partial charge in [0.2, 0.25) is 5.82 Å². The molecule has 1 aliphatic rings. The van der Waals surface area contributed by atoms with Crippen molar-refractivity contribution in [2.24, 2.45) is 5.92 Å². The smallest absolute Gasteiger partial charge is 0.450 e. The van der Waals surface area contributed by atoms with Gasteiger partial charge < -0.3 is 14.4 Å². The van der Waals surface area contributed by atoms with Crippen molar-refractivity contribution >= 4 is 17.8 Å². The van der Waals surface area contributed by atoms with E-state index in [0.717, 1.165) is 28.7 Å². The number of benzene rings is 3. The van der Waals surface area contributed by atoms with Crippen LogP contribution in [0.15, 0.2) is 65.2 Å². The quantitative estimate of drug-likeness (QED) is 0.197. The highest BCUT2D eigenvalue weighted by Crippen LogP contribution is 2.33. The molecule has 3 aromatic carbocycles. The summed E-state index contributed by atoms with van der Waals surface area (Å²) in [6, 6.07) is 17.2. The van der Waals surface area contributed by atoms with Crippen molar-refractivity contribution < 1.29 is 27.9 Å². The number of piperidine rings is 1. The third-order valence-electron chi connectivity index (χ3n) is 7.60. The molecule has 0 radical (unpaired) electrons. The second-order valence-electron chi connectivity index (χ2n) is 11.2. The molecule has 1 N–H and O–H groups in total. The van der Waals surface area contributed by atoms with Crippen molar-refractivity contribution in [2.45, 2.75) is 51.7 Å². The molecule has 0 spiro atoms. The Bertz CT molecular complexity index is 1530. The Balaban J connectivity index is 1.22. The molecule has 0 saturated carbocycles. The van der Waals surface area contributed by atoms with Gasteiger partial charge in [-0.2, -0.15) is 4.98 Å². The molecule has 220 valence electrons. The molecule has 42 heavy (non-hydrogen) atoms. The number of rotatable bonds is 9. The van der Waals surface area contributed by atoms with Gasteiger partial charge in [-0.3, -0.25) is 4.90 Å². The highest BCUT2D eigenvalue weighted by Gasteiger charge is 2.40. The van der Waals surface area contributed by atoms with Gasteiger partial charge in [-0.1, -0.05) is 67.0 Å². The van der Waals surface area contributed by atoms with E-state index in [1.54, 1.807) is 0 Å². The minimum Gasteiger partial charge on any atom is -0.450 e. The van der Waals surface area contributed by atoms with Crippen LogP contribution in [0.3, 0.4) is 0 Å². The number of halogens is 3. The van der Waals surface area contributed by atoms with E-state index < -0.39 is 23.4 Å². The molecule has 1 aliphatic heterocycles. The van der Waals surface area contributed by atoms with Crippen LogP contribution in [-0.4, -0.2) is 45.0 Å². The molecule has 1 saturated heterocycles. The topological polar surface area (TPSA) is 88.7 Å². The van der Waals surface area contributed by atoms with Crippen LogP contribution in [0.2, 0.25) is 5.02 Å². The van der Waals surface area contributed by atoms with Gasteiger partial charge in [0, 0.05) is 60.6 Å². The Labute approximate surface area is 248 Å². The SMILES string of the molecule is CC(C)Cc1ccc(-c2nc(-c3ccc(CN4CCC(Cc5c(F)cccc5F)(OC(=O)O)CC4)cc3)no2)cc1Cl. The third-order valence-corrected chi connectivity index (χ3v) is 7.96. The van der Waals surface area contributed by atoms with Crippen molar-refractivity contribution in [1.82, 2.24) is 15.0 Å². The fourth-order valence-electron chi connectivity index (χ4n) is 5.40. The first-order valence-electron chi connectivity index (χ1n) is 13.9. The zero-order valence-electron chi connectivity index (χ0n) is 23.4. The predicted octanol–water partition coefficient (Wildman–Crippen LogP) is 7.81. The maximum atomic E-state index is 14.3. The first-order valence-corrected chi connectivity index (χ1v) is 14.3. The molecule has 10 heteroatoms. The summed E-state index contributed by atoms with van der Waals surface area (Å²) in [6.45, 7) is 5.94. The van der Waals surface area contributed by atoms with Gasteiger partial charge in [0.25, 0.3) is 5.89 Å². The number of carboxylic acid groups (broad SMARTS) is 1. The van der Waals surface area contributed by atoms with Crippen LogP contribution in [0.5, 0.6) is 0 Å². The van der Waals surface area contributed by atoms with E-state index in [2.05, 4.69) is 28.9 Å². The van der Waals surface area contributed by atoms with Gasteiger partial charge in [0.05, 0.1) is 0 Å². The minimum atomic E-state index is -1.45. The first-order chi connectivity index (χ1) is 20.1.